The Kier molecular flexibility index (Phi) is 7.93. The molecule has 4 bridgehead atoms. The third kappa shape index (κ3) is 5.60. The van der Waals surface area contributed by atoms with E-state index in [2.05, 4.69) is 5.32 Å². The maximum Gasteiger partial charge on any atom is 0.409 e. The van der Waals surface area contributed by atoms with Crippen LogP contribution in [0.25, 0.3) is 0 Å². The van der Waals surface area contributed by atoms with E-state index in [1.165, 1.54) is 7.11 Å². The Morgan fingerprint density at radius 2 is 1.95 bits per heavy atom. The van der Waals surface area contributed by atoms with E-state index in [1.54, 1.807) is 25.1 Å². The Labute approximate surface area is 224 Å². The third-order valence-corrected chi connectivity index (χ3v) is 8.15. The summed E-state index contributed by atoms with van der Waals surface area (Å²) in [6.45, 7) is 7.88. The summed E-state index contributed by atoms with van der Waals surface area (Å²) in [6, 6.07) is 4.02. The zero-order valence-corrected chi connectivity index (χ0v) is 23.4. The highest BCUT2D eigenvalue weighted by Crippen LogP contribution is 2.47. The van der Waals surface area contributed by atoms with Gasteiger partial charge in [-0.2, -0.15) is 0 Å². The van der Waals surface area contributed by atoms with Crippen LogP contribution < -0.4 is 15.0 Å². The summed E-state index contributed by atoms with van der Waals surface area (Å²) < 4.78 is 22.9. The van der Waals surface area contributed by atoms with Gasteiger partial charge < -0.3 is 29.0 Å². The van der Waals surface area contributed by atoms with Crippen molar-refractivity contribution in [3.63, 3.8) is 0 Å². The van der Waals surface area contributed by atoms with Gasteiger partial charge in [-0.25, -0.2) is 4.79 Å². The molecule has 2 saturated heterocycles. The van der Waals surface area contributed by atoms with Gasteiger partial charge in [0.05, 0.1) is 24.5 Å². The molecule has 6 unspecified atom stereocenters. The van der Waals surface area contributed by atoms with Crippen LogP contribution in [-0.4, -0.2) is 68.0 Å². The molecule has 2 fully saturated rings. The van der Waals surface area contributed by atoms with Crippen LogP contribution >= 0.6 is 0 Å². The molecule has 0 aromatic heterocycles. The van der Waals surface area contributed by atoms with Gasteiger partial charge in [0, 0.05) is 38.5 Å². The van der Waals surface area contributed by atoms with Gasteiger partial charge in [-0.1, -0.05) is 30.7 Å². The number of ether oxygens (including phenoxy) is 4. The lowest BCUT2D eigenvalue weighted by atomic mass is 9.84. The number of alkyl carbamates (subject to hydrolysis) is 1. The molecule has 0 radical (unpaired) electrons. The quantitative estimate of drug-likeness (QED) is 0.562. The van der Waals surface area contributed by atoms with E-state index in [4.69, 9.17) is 18.9 Å². The summed E-state index contributed by atoms with van der Waals surface area (Å²) in [4.78, 5) is 27.4. The highest BCUT2D eigenvalue weighted by Gasteiger charge is 2.58. The predicted molar refractivity (Wildman–Crippen MR) is 143 cm³/mol. The molecule has 9 nitrogen and oxygen atoms in total. The molecule has 1 aromatic rings. The van der Waals surface area contributed by atoms with Gasteiger partial charge in [0.1, 0.15) is 18.0 Å². The average Bonchev–Trinajstić information content (AvgIpc) is 3.55. The molecule has 3 aliphatic heterocycles. The lowest BCUT2D eigenvalue weighted by Gasteiger charge is -2.42. The molecule has 0 aliphatic carbocycles. The van der Waals surface area contributed by atoms with E-state index < -0.39 is 29.6 Å². The molecule has 0 saturated carbocycles. The number of allylic oxidation sites excluding steroid dienone is 3. The van der Waals surface area contributed by atoms with E-state index in [9.17, 15) is 14.7 Å². The van der Waals surface area contributed by atoms with Gasteiger partial charge in [0.15, 0.2) is 5.72 Å². The number of methoxy groups -OCH3 is 2. The summed E-state index contributed by atoms with van der Waals surface area (Å²) in [6.07, 6.45) is 4.79. The van der Waals surface area contributed by atoms with Crippen molar-refractivity contribution in [1.82, 2.24) is 5.32 Å². The van der Waals surface area contributed by atoms with E-state index in [0.717, 1.165) is 28.1 Å². The van der Waals surface area contributed by atoms with Crippen LogP contribution in [0, 0.1) is 12.8 Å². The fourth-order valence-corrected chi connectivity index (χ4v) is 5.72. The van der Waals surface area contributed by atoms with E-state index in [0.29, 0.717) is 19.3 Å². The normalized spacial score (nSPS) is 34.1. The second kappa shape index (κ2) is 10.7. The van der Waals surface area contributed by atoms with Crippen molar-refractivity contribution in [2.24, 2.45) is 5.92 Å². The minimum Gasteiger partial charge on any atom is -0.496 e. The number of nitrogens with one attached hydrogen (secondary N) is 1. The number of benzene rings is 1. The molecule has 2 N–H and O–H groups in total. The zero-order chi connectivity index (χ0) is 27.8. The monoisotopic (exact) mass is 528 g/mol. The Balaban J connectivity index is 1.71. The van der Waals surface area contributed by atoms with Crippen LogP contribution in [0.4, 0.5) is 10.5 Å². The number of hydrogen-bond acceptors (Lipinski definition) is 7. The van der Waals surface area contributed by atoms with E-state index in [1.807, 2.05) is 52.0 Å². The van der Waals surface area contributed by atoms with Crippen molar-refractivity contribution in [3.05, 3.63) is 47.1 Å². The van der Waals surface area contributed by atoms with Gasteiger partial charge in [-0.3, -0.25) is 10.1 Å². The lowest BCUT2D eigenvalue weighted by Crippen LogP contribution is -2.63. The Morgan fingerprint density at radius 3 is 2.63 bits per heavy atom. The van der Waals surface area contributed by atoms with Gasteiger partial charge in [0.25, 0.3) is 0 Å². The summed E-state index contributed by atoms with van der Waals surface area (Å²) in [5.41, 5.74) is 1.61. The van der Waals surface area contributed by atoms with Crippen LogP contribution in [0.5, 0.6) is 5.75 Å². The van der Waals surface area contributed by atoms with Gasteiger partial charge in [0.2, 0.25) is 5.91 Å². The predicted octanol–water partition coefficient (Wildman–Crippen LogP) is 3.80. The molecular weight excluding hydrogens is 488 g/mol. The SMILES string of the molecule is COc1cc2cc(c1C)N(C)C(=O)CCC1(C)OC1C(C)C1CC(O)(NC(=O)O1)C(OC)C=CC=C(C)C2. The molecule has 2 amide bonds. The largest absolute Gasteiger partial charge is 0.496 e. The zero-order valence-electron chi connectivity index (χ0n) is 23.4. The van der Waals surface area contributed by atoms with Crippen molar-refractivity contribution in [3.8, 4) is 5.75 Å². The highest BCUT2D eigenvalue weighted by atomic mass is 16.6. The summed E-state index contributed by atoms with van der Waals surface area (Å²) in [7, 11) is 4.91. The average molecular weight is 529 g/mol. The number of aliphatic hydroxyl groups is 1. The number of carbonyl (C=O) groups excluding carboxylic acids is 2. The minimum atomic E-state index is -1.65. The van der Waals surface area contributed by atoms with Crippen molar-refractivity contribution in [2.75, 3.05) is 26.2 Å². The van der Waals surface area contributed by atoms with E-state index >= 15 is 0 Å². The molecule has 3 heterocycles. The Bertz CT molecular complexity index is 1150. The molecule has 1 aromatic carbocycles. The maximum atomic E-state index is 13.3. The smallest absolute Gasteiger partial charge is 0.409 e. The first-order valence-electron chi connectivity index (χ1n) is 13.1. The van der Waals surface area contributed by atoms with Gasteiger partial charge in [-0.15, -0.1) is 0 Å². The van der Waals surface area contributed by atoms with Crippen molar-refractivity contribution >= 4 is 17.7 Å². The van der Waals surface area contributed by atoms with Crippen LogP contribution in [0.15, 0.2) is 35.9 Å². The summed E-state index contributed by atoms with van der Waals surface area (Å²) >= 11 is 0. The molecule has 6 atom stereocenters. The number of epoxide rings is 1. The number of nitrogens with zero attached hydrogens (tertiary/aromatic N) is 1. The number of amides is 2. The van der Waals surface area contributed by atoms with E-state index in [-0.39, 0.29) is 24.3 Å². The highest BCUT2D eigenvalue weighted by molar-refractivity contribution is 5.94. The topological polar surface area (TPSA) is 110 Å². The number of anilines is 1. The lowest BCUT2D eigenvalue weighted by molar-refractivity contribution is -0.142. The standard InChI is InChI=1S/C29H40N2O7/c1-17-9-8-10-24(36-7)29(34)16-23(37-27(33)30-29)19(3)26-28(4,38-26)12-11-25(32)31(5)21-14-20(13-17)15-22(35-6)18(21)2/h8-10,14-15,19,23-24,26,34H,11-13,16H2,1-7H3,(H,30,33). The molecule has 0 spiro atoms. The Morgan fingerprint density at radius 1 is 1.21 bits per heavy atom. The molecule has 4 rings (SSSR count). The van der Waals surface area contributed by atoms with Crippen molar-refractivity contribution in [1.29, 1.82) is 0 Å². The van der Waals surface area contributed by atoms with Gasteiger partial charge >= 0.3 is 6.09 Å². The fourth-order valence-electron chi connectivity index (χ4n) is 5.72. The number of fused-ring (bicyclic) bond motifs is 5. The minimum absolute atomic E-state index is 0.0193. The second-order valence-electron chi connectivity index (χ2n) is 11.0. The third-order valence-electron chi connectivity index (χ3n) is 8.15. The number of hydrogen-bond donors (Lipinski definition) is 2. The van der Waals surface area contributed by atoms with Crippen molar-refractivity contribution < 1.29 is 33.6 Å². The Hall–Kier alpha value is -2.88. The molecule has 208 valence electrons. The maximum absolute atomic E-state index is 13.3. The molecular formula is C29H40N2O7. The first-order valence-corrected chi connectivity index (χ1v) is 13.1. The molecule has 9 heteroatoms. The van der Waals surface area contributed by atoms with Crippen LogP contribution in [0.1, 0.15) is 51.2 Å². The van der Waals surface area contributed by atoms with Gasteiger partial charge in [-0.05, 0) is 51.3 Å². The second-order valence-corrected chi connectivity index (χ2v) is 11.0. The van der Waals surface area contributed by atoms with Crippen LogP contribution in [0.2, 0.25) is 0 Å². The van der Waals surface area contributed by atoms with Crippen molar-refractivity contribution in [2.45, 2.75) is 83.0 Å². The van der Waals surface area contributed by atoms with Crippen LogP contribution in [0.3, 0.4) is 0 Å². The number of rotatable bonds is 2. The molecule has 38 heavy (non-hydrogen) atoms. The summed E-state index contributed by atoms with van der Waals surface area (Å²) in [5.74, 6) is 0.510. The summed E-state index contributed by atoms with van der Waals surface area (Å²) in [5, 5.41) is 14.0. The molecule has 3 aliphatic rings. The first kappa shape index (κ1) is 28.1. The number of carbonyl (C=O) groups is 2. The van der Waals surface area contributed by atoms with Crippen LogP contribution in [-0.2, 0) is 25.4 Å². The first-order chi connectivity index (χ1) is 17.9. The fraction of sp³-hybridized carbons (Fsp3) is 0.586.